The highest BCUT2D eigenvalue weighted by molar-refractivity contribution is 5.82. The van der Waals surface area contributed by atoms with Gasteiger partial charge in [-0.2, -0.15) is 0 Å². The maximum Gasteiger partial charge on any atom is 0.329 e. The predicted octanol–water partition coefficient (Wildman–Crippen LogP) is 3.05. The van der Waals surface area contributed by atoms with Crippen LogP contribution in [-0.4, -0.2) is 16.6 Å². The Labute approximate surface area is 96.5 Å². The highest BCUT2D eigenvalue weighted by Gasteiger charge is 2.32. The van der Waals surface area contributed by atoms with Crippen molar-refractivity contribution in [3.8, 4) is 0 Å². The summed E-state index contributed by atoms with van der Waals surface area (Å²) in [4.78, 5) is 11.3. The van der Waals surface area contributed by atoms with Crippen LogP contribution in [0.2, 0.25) is 0 Å². The lowest BCUT2D eigenvalue weighted by atomic mass is 9.95. The molecule has 0 radical (unpaired) electrons. The third-order valence-corrected chi connectivity index (χ3v) is 2.78. The Kier molecular flexibility index (Phi) is 3.93. The SMILES string of the molecule is CCCC(C)(Nc1ccccc1C)C(=O)O. The maximum atomic E-state index is 11.3. The van der Waals surface area contributed by atoms with Crippen LogP contribution in [0.3, 0.4) is 0 Å². The molecule has 0 saturated carbocycles. The van der Waals surface area contributed by atoms with Gasteiger partial charge in [-0.25, -0.2) is 4.79 Å². The van der Waals surface area contributed by atoms with Crippen LogP contribution in [0.1, 0.15) is 32.3 Å². The molecule has 3 nitrogen and oxygen atoms in total. The lowest BCUT2D eigenvalue weighted by Gasteiger charge is -2.27. The molecule has 3 heteroatoms. The summed E-state index contributed by atoms with van der Waals surface area (Å²) in [5.74, 6) is -0.808. The van der Waals surface area contributed by atoms with Crippen LogP contribution in [0.5, 0.6) is 0 Å². The number of hydrogen-bond donors (Lipinski definition) is 2. The van der Waals surface area contributed by atoms with Crippen LogP contribution in [0.4, 0.5) is 5.69 Å². The third kappa shape index (κ3) is 2.75. The maximum absolute atomic E-state index is 11.3. The Bertz CT molecular complexity index is 376. The Morgan fingerprint density at radius 1 is 1.44 bits per heavy atom. The monoisotopic (exact) mass is 221 g/mol. The van der Waals surface area contributed by atoms with E-state index in [2.05, 4.69) is 5.32 Å². The van der Waals surface area contributed by atoms with Gasteiger partial charge in [0.05, 0.1) is 0 Å². The van der Waals surface area contributed by atoms with E-state index in [1.165, 1.54) is 0 Å². The molecule has 0 aliphatic carbocycles. The van der Waals surface area contributed by atoms with E-state index in [0.29, 0.717) is 6.42 Å². The minimum atomic E-state index is -0.888. The molecule has 0 aliphatic rings. The largest absolute Gasteiger partial charge is 0.480 e. The molecule has 16 heavy (non-hydrogen) atoms. The standard InChI is InChI=1S/C13H19NO2/c1-4-9-13(3,12(15)16)14-11-8-6-5-7-10(11)2/h5-8,14H,4,9H2,1-3H3,(H,15,16). The Balaban J connectivity index is 2.92. The van der Waals surface area contributed by atoms with Gasteiger partial charge in [-0.1, -0.05) is 31.5 Å². The lowest BCUT2D eigenvalue weighted by Crippen LogP contribution is -2.43. The normalized spacial score (nSPS) is 14.2. The molecule has 0 amide bonds. The molecule has 0 aromatic heterocycles. The van der Waals surface area contributed by atoms with Gasteiger partial charge in [-0.3, -0.25) is 0 Å². The fraction of sp³-hybridized carbons (Fsp3) is 0.462. The summed E-state index contributed by atoms with van der Waals surface area (Å²) in [7, 11) is 0. The van der Waals surface area contributed by atoms with Crippen LogP contribution in [0.15, 0.2) is 24.3 Å². The fourth-order valence-electron chi connectivity index (χ4n) is 1.73. The van der Waals surface area contributed by atoms with Gasteiger partial charge in [0.2, 0.25) is 0 Å². The molecule has 0 spiro atoms. The van der Waals surface area contributed by atoms with Gasteiger partial charge in [-0.15, -0.1) is 0 Å². The molecule has 1 atom stereocenters. The smallest absolute Gasteiger partial charge is 0.329 e. The van der Waals surface area contributed by atoms with Crippen LogP contribution in [0, 0.1) is 6.92 Å². The van der Waals surface area contributed by atoms with Crippen molar-refractivity contribution in [2.24, 2.45) is 0 Å². The van der Waals surface area contributed by atoms with Crippen molar-refractivity contribution < 1.29 is 9.90 Å². The summed E-state index contributed by atoms with van der Waals surface area (Å²) in [5.41, 5.74) is 1.06. The van der Waals surface area contributed by atoms with E-state index in [0.717, 1.165) is 17.7 Å². The fourth-order valence-corrected chi connectivity index (χ4v) is 1.73. The number of aryl methyl sites for hydroxylation is 1. The summed E-state index contributed by atoms with van der Waals surface area (Å²) >= 11 is 0. The molecule has 0 saturated heterocycles. The molecule has 1 aromatic carbocycles. The molecule has 88 valence electrons. The molecule has 0 aliphatic heterocycles. The summed E-state index contributed by atoms with van der Waals surface area (Å²) in [5, 5.41) is 12.4. The molecular formula is C13H19NO2. The number of rotatable bonds is 5. The first-order valence-electron chi connectivity index (χ1n) is 5.57. The number of benzene rings is 1. The first-order chi connectivity index (χ1) is 7.49. The summed E-state index contributed by atoms with van der Waals surface area (Å²) < 4.78 is 0. The van der Waals surface area contributed by atoms with Gasteiger partial charge < -0.3 is 10.4 Å². The Hall–Kier alpha value is -1.51. The van der Waals surface area contributed by atoms with Crippen LogP contribution in [-0.2, 0) is 4.79 Å². The molecule has 0 heterocycles. The average molecular weight is 221 g/mol. The molecule has 1 unspecified atom stereocenters. The van der Waals surface area contributed by atoms with Gasteiger partial charge in [0, 0.05) is 5.69 Å². The predicted molar refractivity (Wildman–Crippen MR) is 65.8 cm³/mol. The van der Waals surface area contributed by atoms with Crippen molar-refractivity contribution in [3.05, 3.63) is 29.8 Å². The van der Waals surface area contributed by atoms with Crippen molar-refractivity contribution in [2.45, 2.75) is 39.2 Å². The highest BCUT2D eigenvalue weighted by atomic mass is 16.4. The van der Waals surface area contributed by atoms with E-state index in [1.807, 2.05) is 38.1 Å². The van der Waals surface area contributed by atoms with Gasteiger partial charge in [0.15, 0.2) is 0 Å². The molecule has 1 rings (SSSR count). The zero-order valence-electron chi connectivity index (χ0n) is 10.1. The average Bonchev–Trinajstić information content (AvgIpc) is 2.21. The van der Waals surface area contributed by atoms with Gasteiger partial charge in [-0.05, 0) is 31.9 Å². The molecule has 1 aromatic rings. The lowest BCUT2D eigenvalue weighted by molar-refractivity contribution is -0.141. The van der Waals surface area contributed by atoms with Crippen molar-refractivity contribution >= 4 is 11.7 Å². The number of hydrogen-bond acceptors (Lipinski definition) is 2. The molecule has 2 N–H and O–H groups in total. The highest BCUT2D eigenvalue weighted by Crippen LogP contribution is 2.23. The van der Waals surface area contributed by atoms with E-state index in [-0.39, 0.29) is 0 Å². The first kappa shape index (κ1) is 12.6. The van der Waals surface area contributed by atoms with Gasteiger partial charge in [0.1, 0.15) is 5.54 Å². The van der Waals surface area contributed by atoms with Crippen LogP contribution < -0.4 is 5.32 Å². The number of carboxylic acid groups (broad SMARTS) is 1. The first-order valence-corrected chi connectivity index (χ1v) is 5.57. The van der Waals surface area contributed by atoms with Crippen molar-refractivity contribution in [3.63, 3.8) is 0 Å². The molecular weight excluding hydrogens is 202 g/mol. The zero-order chi connectivity index (χ0) is 12.2. The van der Waals surface area contributed by atoms with Gasteiger partial charge in [0.25, 0.3) is 0 Å². The summed E-state index contributed by atoms with van der Waals surface area (Å²) in [6.45, 7) is 5.68. The Morgan fingerprint density at radius 2 is 2.06 bits per heavy atom. The number of anilines is 1. The zero-order valence-corrected chi connectivity index (χ0v) is 10.1. The second-order valence-electron chi connectivity index (χ2n) is 4.33. The Morgan fingerprint density at radius 3 is 2.56 bits per heavy atom. The third-order valence-electron chi connectivity index (χ3n) is 2.78. The van der Waals surface area contributed by atoms with Crippen molar-refractivity contribution in [2.75, 3.05) is 5.32 Å². The van der Waals surface area contributed by atoms with E-state index < -0.39 is 11.5 Å². The van der Waals surface area contributed by atoms with Gasteiger partial charge >= 0.3 is 5.97 Å². The second kappa shape index (κ2) is 5.01. The summed E-state index contributed by atoms with van der Waals surface area (Å²) in [6.07, 6.45) is 1.44. The number of carboxylic acids is 1. The van der Waals surface area contributed by atoms with E-state index >= 15 is 0 Å². The van der Waals surface area contributed by atoms with Crippen LogP contribution in [0.25, 0.3) is 0 Å². The number of carbonyl (C=O) groups is 1. The molecule has 0 fully saturated rings. The van der Waals surface area contributed by atoms with Crippen LogP contribution >= 0.6 is 0 Å². The number of nitrogens with one attached hydrogen (secondary N) is 1. The minimum absolute atomic E-state index is 0.608. The van der Waals surface area contributed by atoms with E-state index in [4.69, 9.17) is 0 Å². The topological polar surface area (TPSA) is 49.3 Å². The quantitative estimate of drug-likeness (QED) is 0.803. The number of aliphatic carboxylic acids is 1. The molecule has 0 bridgehead atoms. The van der Waals surface area contributed by atoms with E-state index in [1.54, 1.807) is 6.92 Å². The summed E-state index contributed by atoms with van der Waals surface area (Å²) in [6, 6.07) is 7.73. The second-order valence-corrected chi connectivity index (χ2v) is 4.33. The number of para-hydroxylation sites is 1. The van der Waals surface area contributed by atoms with E-state index in [9.17, 15) is 9.90 Å². The van der Waals surface area contributed by atoms with Crippen molar-refractivity contribution in [1.82, 2.24) is 0 Å². The minimum Gasteiger partial charge on any atom is -0.480 e. The van der Waals surface area contributed by atoms with Crippen molar-refractivity contribution in [1.29, 1.82) is 0 Å².